The van der Waals surface area contributed by atoms with E-state index in [1.807, 2.05) is 0 Å². The van der Waals surface area contributed by atoms with Gasteiger partial charge in [-0.25, -0.2) is 13.2 Å². The number of hydrogen-bond acceptors (Lipinski definition) is 4. The van der Waals surface area contributed by atoms with Gasteiger partial charge in [-0.2, -0.15) is 4.31 Å². The zero-order valence-electron chi connectivity index (χ0n) is 13.0. The summed E-state index contributed by atoms with van der Waals surface area (Å²) in [6.45, 7) is 1.26. The number of aromatic nitrogens is 1. The van der Waals surface area contributed by atoms with Crippen LogP contribution in [-0.2, 0) is 10.0 Å². The van der Waals surface area contributed by atoms with Gasteiger partial charge < -0.3 is 10.2 Å². The summed E-state index contributed by atoms with van der Waals surface area (Å²) >= 11 is 0. The normalized spacial score (nSPS) is 15.9. The third kappa shape index (κ3) is 3.55. The number of urea groups is 1. The summed E-state index contributed by atoms with van der Waals surface area (Å²) in [6, 6.07) is 11.5. The second kappa shape index (κ2) is 6.98. The van der Waals surface area contributed by atoms with Crippen molar-refractivity contribution in [2.75, 3.05) is 31.5 Å². The Balaban J connectivity index is 1.61. The molecule has 3 rings (SSSR count). The highest BCUT2D eigenvalue weighted by atomic mass is 32.2. The summed E-state index contributed by atoms with van der Waals surface area (Å²) in [5, 5.41) is 2.78. The predicted molar refractivity (Wildman–Crippen MR) is 90.0 cm³/mol. The van der Waals surface area contributed by atoms with Crippen LogP contribution in [0, 0.1) is 0 Å². The van der Waals surface area contributed by atoms with Gasteiger partial charge in [0.1, 0.15) is 0 Å². The first-order valence-electron chi connectivity index (χ1n) is 7.58. The number of nitrogens with zero attached hydrogens (tertiary/aromatic N) is 3. The third-order valence-electron chi connectivity index (χ3n) is 3.84. The van der Waals surface area contributed by atoms with E-state index in [1.54, 1.807) is 59.8 Å². The fourth-order valence-corrected chi connectivity index (χ4v) is 3.95. The lowest BCUT2D eigenvalue weighted by atomic mass is 10.3. The van der Waals surface area contributed by atoms with Gasteiger partial charge in [0.25, 0.3) is 0 Å². The van der Waals surface area contributed by atoms with Crippen molar-refractivity contribution in [3.8, 4) is 0 Å². The Bertz CT molecular complexity index is 789. The summed E-state index contributed by atoms with van der Waals surface area (Å²) in [5.74, 6) is 0. The van der Waals surface area contributed by atoms with E-state index in [0.29, 0.717) is 18.8 Å². The molecule has 1 aliphatic rings. The highest BCUT2D eigenvalue weighted by molar-refractivity contribution is 7.89. The number of anilines is 1. The van der Waals surface area contributed by atoms with Crippen molar-refractivity contribution in [2.24, 2.45) is 0 Å². The maximum Gasteiger partial charge on any atom is 0.321 e. The molecular weight excluding hydrogens is 328 g/mol. The number of carbonyl (C=O) groups excluding carboxylic acids is 1. The molecule has 7 nitrogen and oxygen atoms in total. The first-order chi connectivity index (χ1) is 11.6. The number of sulfonamides is 1. The average molecular weight is 346 g/mol. The lowest BCUT2D eigenvalue weighted by Crippen LogP contribution is -2.51. The Morgan fingerprint density at radius 3 is 2.21 bits per heavy atom. The second-order valence-electron chi connectivity index (χ2n) is 5.37. The van der Waals surface area contributed by atoms with Crippen molar-refractivity contribution in [1.29, 1.82) is 0 Å². The molecule has 126 valence electrons. The van der Waals surface area contributed by atoms with Gasteiger partial charge in [-0.3, -0.25) is 4.98 Å². The number of amides is 2. The van der Waals surface area contributed by atoms with Crippen LogP contribution in [0.25, 0.3) is 0 Å². The van der Waals surface area contributed by atoms with Crippen molar-refractivity contribution >= 4 is 21.7 Å². The Labute approximate surface area is 141 Å². The van der Waals surface area contributed by atoms with Crippen LogP contribution in [0.5, 0.6) is 0 Å². The standard InChI is InChI=1S/C16H18N4O3S/c21-16(18-14-6-8-17-9-7-14)19-10-12-20(13-11-19)24(22,23)15-4-2-1-3-5-15/h1-9H,10-13H2,(H,17,18,21). The molecule has 0 saturated carbocycles. The summed E-state index contributed by atoms with van der Waals surface area (Å²) in [7, 11) is -3.50. The van der Waals surface area contributed by atoms with Crippen LogP contribution in [-0.4, -0.2) is 54.8 Å². The van der Waals surface area contributed by atoms with Crippen LogP contribution < -0.4 is 5.32 Å². The van der Waals surface area contributed by atoms with Crippen LogP contribution in [0.3, 0.4) is 0 Å². The van der Waals surface area contributed by atoms with Gasteiger partial charge in [-0.05, 0) is 24.3 Å². The fourth-order valence-electron chi connectivity index (χ4n) is 2.51. The number of hydrogen-bond donors (Lipinski definition) is 1. The van der Waals surface area contributed by atoms with Gasteiger partial charge in [0.05, 0.1) is 4.90 Å². The largest absolute Gasteiger partial charge is 0.322 e. The van der Waals surface area contributed by atoms with E-state index in [0.717, 1.165) is 0 Å². The minimum Gasteiger partial charge on any atom is -0.322 e. The molecule has 0 unspecified atom stereocenters. The van der Waals surface area contributed by atoms with Gasteiger partial charge in [0.2, 0.25) is 10.0 Å². The fraction of sp³-hybridized carbons (Fsp3) is 0.250. The van der Waals surface area contributed by atoms with Crippen molar-refractivity contribution in [1.82, 2.24) is 14.2 Å². The van der Waals surface area contributed by atoms with Gasteiger partial charge >= 0.3 is 6.03 Å². The molecule has 0 bridgehead atoms. The molecule has 24 heavy (non-hydrogen) atoms. The molecule has 1 N–H and O–H groups in total. The monoisotopic (exact) mass is 346 g/mol. The summed E-state index contributed by atoms with van der Waals surface area (Å²) in [5.41, 5.74) is 0.661. The molecule has 1 aliphatic heterocycles. The Morgan fingerprint density at radius 2 is 1.58 bits per heavy atom. The molecule has 0 spiro atoms. The van der Waals surface area contributed by atoms with E-state index in [-0.39, 0.29) is 24.0 Å². The molecule has 8 heteroatoms. The second-order valence-corrected chi connectivity index (χ2v) is 7.31. The molecule has 1 aromatic carbocycles. The van der Waals surface area contributed by atoms with Crippen LogP contribution in [0.2, 0.25) is 0 Å². The minimum absolute atomic E-state index is 0.238. The average Bonchev–Trinajstić information content (AvgIpc) is 2.63. The zero-order valence-corrected chi connectivity index (χ0v) is 13.8. The highest BCUT2D eigenvalue weighted by Crippen LogP contribution is 2.17. The number of carbonyl (C=O) groups is 1. The van der Waals surface area contributed by atoms with E-state index in [2.05, 4.69) is 10.3 Å². The Hall–Kier alpha value is -2.45. The van der Waals surface area contributed by atoms with Crippen LogP contribution in [0.4, 0.5) is 10.5 Å². The number of benzene rings is 1. The smallest absolute Gasteiger partial charge is 0.321 e. The summed E-state index contributed by atoms with van der Waals surface area (Å²) in [4.78, 5) is 18.0. The first-order valence-corrected chi connectivity index (χ1v) is 9.02. The van der Waals surface area contributed by atoms with Gasteiger partial charge in [0, 0.05) is 44.3 Å². The quantitative estimate of drug-likeness (QED) is 0.915. The van der Waals surface area contributed by atoms with Crippen LogP contribution in [0.15, 0.2) is 59.8 Å². The molecule has 0 atom stereocenters. The summed E-state index contributed by atoms with van der Waals surface area (Å²) < 4.78 is 26.5. The van der Waals surface area contributed by atoms with Gasteiger partial charge in [0.15, 0.2) is 0 Å². The molecule has 1 aromatic heterocycles. The minimum atomic E-state index is -3.50. The highest BCUT2D eigenvalue weighted by Gasteiger charge is 2.29. The lowest BCUT2D eigenvalue weighted by Gasteiger charge is -2.33. The molecule has 2 heterocycles. The van der Waals surface area contributed by atoms with E-state index in [4.69, 9.17) is 0 Å². The molecule has 0 radical (unpaired) electrons. The van der Waals surface area contributed by atoms with E-state index >= 15 is 0 Å². The van der Waals surface area contributed by atoms with E-state index in [1.165, 1.54) is 4.31 Å². The molecular formula is C16H18N4O3S. The molecule has 1 fully saturated rings. The molecule has 1 saturated heterocycles. The maximum atomic E-state index is 12.6. The number of piperazine rings is 1. The number of pyridine rings is 1. The zero-order chi connectivity index (χ0) is 17.0. The van der Waals surface area contributed by atoms with Crippen LogP contribution in [0.1, 0.15) is 0 Å². The maximum absolute atomic E-state index is 12.6. The van der Waals surface area contributed by atoms with E-state index in [9.17, 15) is 13.2 Å². The topological polar surface area (TPSA) is 82.6 Å². The lowest BCUT2D eigenvalue weighted by molar-refractivity contribution is 0.184. The van der Waals surface area contributed by atoms with Gasteiger partial charge in [-0.15, -0.1) is 0 Å². The molecule has 2 aromatic rings. The molecule has 0 aliphatic carbocycles. The number of rotatable bonds is 3. The van der Waals surface area contributed by atoms with Crippen molar-refractivity contribution in [2.45, 2.75) is 4.90 Å². The van der Waals surface area contributed by atoms with Crippen molar-refractivity contribution < 1.29 is 13.2 Å². The van der Waals surface area contributed by atoms with Crippen LogP contribution >= 0.6 is 0 Å². The Kier molecular flexibility index (Phi) is 4.77. The van der Waals surface area contributed by atoms with E-state index < -0.39 is 10.0 Å². The van der Waals surface area contributed by atoms with Crippen molar-refractivity contribution in [3.63, 3.8) is 0 Å². The third-order valence-corrected chi connectivity index (χ3v) is 5.75. The predicted octanol–water partition coefficient (Wildman–Crippen LogP) is 1.62. The SMILES string of the molecule is O=C(Nc1ccncc1)N1CCN(S(=O)(=O)c2ccccc2)CC1. The van der Waals surface area contributed by atoms with Crippen molar-refractivity contribution in [3.05, 3.63) is 54.9 Å². The molecule has 2 amide bonds. The first kappa shape index (κ1) is 16.4. The summed E-state index contributed by atoms with van der Waals surface area (Å²) in [6.07, 6.45) is 3.19. The number of nitrogens with one attached hydrogen (secondary N) is 1. The Morgan fingerprint density at radius 1 is 0.958 bits per heavy atom. The van der Waals surface area contributed by atoms with Gasteiger partial charge in [-0.1, -0.05) is 18.2 Å².